The molecular formula is C15H15BrN2O2. The number of anilines is 2. The van der Waals surface area contributed by atoms with E-state index in [4.69, 9.17) is 4.74 Å². The molecule has 0 radical (unpaired) electrons. The van der Waals surface area contributed by atoms with E-state index in [9.17, 15) is 4.79 Å². The minimum atomic E-state index is -0.167. The monoisotopic (exact) mass is 334 g/mol. The van der Waals surface area contributed by atoms with Crippen molar-refractivity contribution >= 4 is 33.2 Å². The summed E-state index contributed by atoms with van der Waals surface area (Å²) in [7, 11) is 3.37. The molecular weight excluding hydrogens is 320 g/mol. The van der Waals surface area contributed by atoms with Crippen molar-refractivity contribution in [3.63, 3.8) is 0 Å². The molecule has 2 N–H and O–H groups in total. The highest BCUT2D eigenvalue weighted by atomic mass is 79.9. The van der Waals surface area contributed by atoms with Gasteiger partial charge in [-0.15, -0.1) is 0 Å². The fraction of sp³-hybridized carbons (Fsp3) is 0.133. The number of rotatable bonds is 4. The van der Waals surface area contributed by atoms with Gasteiger partial charge in [0, 0.05) is 24.5 Å². The molecule has 0 fully saturated rings. The maximum Gasteiger partial charge on any atom is 0.257 e. The lowest BCUT2D eigenvalue weighted by Gasteiger charge is -2.11. The SMILES string of the molecule is CNc1ccccc1C(=O)Nc1ccc(Br)c(OC)c1. The molecule has 2 aromatic rings. The summed E-state index contributed by atoms with van der Waals surface area (Å²) in [4.78, 5) is 12.3. The van der Waals surface area contributed by atoms with Crippen molar-refractivity contribution in [3.8, 4) is 5.75 Å². The van der Waals surface area contributed by atoms with E-state index in [1.54, 1.807) is 26.3 Å². The van der Waals surface area contributed by atoms with Gasteiger partial charge in [0.2, 0.25) is 0 Å². The Morgan fingerprint density at radius 3 is 2.65 bits per heavy atom. The zero-order chi connectivity index (χ0) is 14.5. The van der Waals surface area contributed by atoms with E-state index in [1.807, 2.05) is 30.3 Å². The second kappa shape index (κ2) is 6.43. The second-order valence-electron chi connectivity index (χ2n) is 4.10. The average molecular weight is 335 g/mol. The Hall–Kier alpha value is -2.01. The number of carbonyl (C=O) groups excluding carboxylic acids is 1. The molecule has 4 nitrogen and oxygen atoms in total. The Morgan fingerprint density at radius 1 is 1.20 bits per heavy atom. The highest BCUT2D eigenvalue weighted by Gasteiger charge is 2.11. The van der Waals surface area contributed by atoms with Gasteiger partial charge in [-0.3, -0.25) is 4.79 Å². The van der Waals surface area contributed by atoms with Gasteiger partial charge in [-0.25, -0.2) is 0 Å². The number of halogens is 1. The number of ether oxygens (including phenoxy) is 1. The molecule has 2 aromatic carbocycles. The molecule has 20 heavy (non-hydrogen) atoms. The molecule has 104 valence electrons. The van der Waals surface area contributed by atoms with Crippen molar-refractivity contribution in [1.29, 1.82) is 0 Å². The third-order valence-electron chi connectivity index (χ3n) is 2.85. The normalized spacial score (nSPS) is 9.95. The van der Waals surface area contributed by atoms with Gasteiger partial charge in [0.1, 0.15) is 5.75 Å². The molecule has 0 heterocycles. The van der Waals surface area contributed by atoms with E-state index in [0.717, 1.165) is 10.2 Å². The second-order valence-corrected chi connectivity index (χ2v) is 4.95. The summed E-state index contributed by atoms with van der Waals surface area (Å²) in [5, 5.41) is 5.86. The number of para-hydroxylation sites is 1. The number of hydrogen-bond donors (Lipinski definition) is 2. The van der Waals surface area contributed by atoms with Crippen molar-refractivity contribution in [2.45, 2.75) is 0 Å². The van der Waals surface area contributed by atoms with Gasteiger partial charge in [-0.1, -0.05) is 12.1 Å². The topological polar surface area (TPSA) is 50.4 Å². The minimum Gasteiger partial charge on any atom is -0.495 e. The summed E-state index contributed by atoms with van der Waals surface area (Å²) in [6.45, 7) is 0. The van der Waals surface area contributed by atoms with Crippen molar-refractivity contribution in [1.82, 2.24) is 0 Å². The van der Waals surface area contributed by atoms with Crippen molar-refractivity contribution in [2.75, 3.05) is 24.8 Å². The fourth-order valence-corrected chi connectivity index (χ4v) is 2.24. The van der Waals surface area contributed by atoms with Crippen LogP contribution in [0.5, 0.6) is 5.75 Å². The number of hydrogen-bond acceptors (Lipinski definition) is 3. The van der Waals surface area contributed by atoms with Crippen LogP contribution in [0.3, 0.4) is 0 Å². The Labute approximate surface area is 126 Å². The number of amides is 1. The quantitative estimate of drug-likeness (QED) is 0.895. The first-order valence-corrected chi connectivity index (χ1v) is 6.86. The summed E-state index contributed by atoms with van der Waals surface area (Å²) in [5.74, 6) is 0.504. The molecule has 0 unspecified atom stereocenters. The van der Waals surface area contributed by atoms with Crippen LogP contribution in [0, 0.1) is 0 Å². The first-order valence-electron chi connectivity index (χ1n) is 6.07. The maximum absolute atomic E-state index is 12.3. The van der Waals surface area contributed by atoms with E-state index in [1.165, 1.54) is 0 Å². The summed E-state index contributed by atoms with van der Waals surface area (Å²) in [6.07, 6.45) is 0. The van der Waals surface area contributed by atoms with Crippen LogP contribution in [0.15, 0.2) is 46.9 Å². The van der Waals surface area contributed by atoms with Gasteiger partial charge in [-0.2, -0.15) is 0 Å². The van der Waals surface area contributed by atoms with Gasteiger partial charge in [0.25, 0.3) is 5.91 Å². The van der Waals surface area contributed by atoms with Crippen LogP contribution in [-0.2, 0) is 0 Å². The molecule has 0 aliphatic rings. The van der Waals surface area contributed by atoms with E-state index in [-0.39, 0.29) is 5.91 Å². The average Bonchev–Trinajstić information content (AvgIpc) is 2.49. The standard InChI is InChI=1S/C15H15BrN2O2/c1-17-13-6-4-3-5-11(13)15(19)18-10-7-8-12(16)14(9-10)20-2/h3-9,17H,1-2H3,(H,18,19). The summed E-state index contributed by atoms with van der Waals surface area (Å²) < 4.78 is 6.05. The largest absolute Gasteiger partial charge is 0.495 e. The molecule has 0 saturated carbocycles. The molecule has 0 spiro atoms. The predicted molar refractivity (Wildman–Crippen MR) is 84.6 cm³/mol. The van der Waals surface area contributed by atoms with Crippen LogP contribution in [0.2, 0.25) is 0 Å². The number of methoxy groups -OCH3 is 1. The molecule has 0 saturated heterocycles. The zero-order valence-corrected chi connectivity index (χ0v) is 12.8. The fourth-order valence-electron chi connectivity index (χ4n) is 1.84. The van der Waals surface area contributed by atoms with Gasteiger partial charge in [-0.05, 0) is 40.2 Å². The highest BCUT2D eigenvalue weighted by molar-refractivity contribution is 9.10. The maximum atomic E-state index is 12.3. The van der Waals surface area contributed by atoms with E-state index >= 15 is 0 Å². The lowest BCUT2D eigenvalue weighted by atomic mass is 10.1. The smallest absolute Gasteiger partial charge is 0.257 e. The first-order chi connectivity index (χ1) is 9.65. The Kier molecular flexibility index (Phi) is 4.63. The number of benzene rings is 2. The van der Waals surface area contributed by atoms with Crippen LogP contribution in [-0.4, -0.2) is 20.1 Å². The van der Waals surface area contributed by atoms with Crippen LogP contribution in [0.1, 0.15) is 10.4 Å². The van der Waals surface area contributed by atoms with Gasteiger partial charge < -0.3 is 15.4 Å². The highest BCUT2D eigenvalue weighted by Crippen LogP contribution is 2.28. The third kappa shape index (κ3) is 3.11. The first kappa shape index (κ1) is 14.4. The Bertz CT molecular complexity index is 629. The van der Waals surface area contributed by atoms with E-state index in [2.05, 4.69) is 26.6 Å². The van der Waals surface area contributed by atoms with E-state index in [0.29, 0.717) is 17.0 Å². The van der Waals surface area contributed by atoms with Crippen LogP contribution >= 0.6 is 15.9 Å². The van der Waals surface area contributed by atoms with Crippen molar-refractivity contribution in [2.24, 2.45) is 0 Å². The van der Waals surface area contributed by atoms with Gasteiger partial charge in [0.05, 0.1) is 17.1 Å². The van der Waals surface area contributed by atoms with Crippen molar-refractivity contribution in [3.05, 3.63) is 52.5 Å². The summed E-state index contributed by atoms with van der Waals surface area (Å²) in [5.41, 5.74) is 2.06. The molecule has 0 aliphatic carbocycles. The molecule has 2 rings (SSSR count). The molecule has 0 bridgehead atoms. The molecule has 1 amide bonds. The van der Waals surface area contributed by atoms with Crippen LogP contribution in [0.25, 0.3) is 0 Å². The van der Waals surface area contributed by atoms with Gasteiger partial charge in [0.15, 0.2) is 0 Å². The number of carbonyl (C=O) groups is 1. The predicted octanol–water partition coefficient (Wildman–Crippen LogP) is 3.75. The molecule has 0 aromatic heterocycles. The molecule has 5 heteroatoms. The lowest BCUT2D eigenvalue weighted by molar-refractivity contribution is 0.102. The number of nitrogens with one attached hydrogen (secondary N) is 2. The Morgan fingerprint density at radius 2 is 1.95 bits per heavy atom. The van der Waals surface area contributed by atoms with Crippen molar-refractivity contribution < 1.29 is 9.53 Å². The van der Waals surface area contributed by atoms with Gasteiger partial charge >= 0.3 is 0 Å². The lowest BCUT2D eigenvalue weighted by Crippen LogP contribution is -2.13. The third-order valence-corrected chi connectivity index (χ3v) is 3.51. The van der Waals surface area contributed by atoms with Crippen LogP contribution in [0.4, 0.5) is 11.4 Å². The van der Waals surface area contributed by atoms with E-state index < -0.39 is 0 Å². The summed E-state index contributed by atoms with van der Waals surface area (Å²) in [6, 6.07) is 12.8. The summed E-state index contributed by atoms with van der Waals surface area (Å²) >= 11 is 3.38. The Balaban J connectivity index is 2.23. The molecule has 0 aliphatic heterocycles. The minimum absolute atomic E-state index is 0.167. The molecule has 0 atom stereocenters. The van der Waals surface area contributed by atoms with Crippen LogP contribution < -0.4 is 15.4 Å². The zero-order valence-electron chi connectivity index (χ0n) is 11.2.